The molecule has 0 saturated heterocycles. The number of aromatic nitrogens is 5. The number of para-hydroxylation sites is 1. The second-order valence-corrected chi connectivity index (χ2v) is 11.2. The maximum Gasteiger partial charge on any atom is 0.168 e. The Balaban J connectivity index is 1.85. The molecule has 0 unspecified atom stereocenters. The van der Waals surface area contributed by atoms with Crippen molar-refractivity contribution in [1.29, 1.82) is 0 Å². The fourth-order valence-electron chi connectivity index (χ4n) is 4.20. The Bertz CT molecular complexity index is 1520. The van der Waals surface area contributed by atoms with Crippen LogP contribution in [0.2, 0.25) is 0 Å². The third-order valence-corrected chi connectivity index (χ3v) is 8.36. The highest BCUT2D eigenvalue weighted by Crippen LogP contribution is 2.37. The van der Waals surface area contributed by atoms with Crippen molar-refractivity contribution < 1.29 is 27.4 Å². The van der Waals surface area contributed by atoms with Crippen molar-refractivity contribution in [1.82, 2.24) is 24.7 Å². The molecule has 4 aromatic rings. The van der Waals surface area contributed by atoms with E-state index < -0.39 is 26.9 Å². The van der Waals surface area contributed by atoms with Gasteiger partial charge >= 0.3 is 0 Å². The molecule has 11 nitrogen and oxygen atoms in total. The van der Waals surface area contributed by atoms with Crippen molar-refractivity contribution in [2.75, 3.05) is 28.4 Å². The molecular weight excluding hydrogens is 522 g/mol. The van der Waals surface area contributed by atoms with E-state index in [1.807, 2.05) is 19.1 Å². The predicted octanol–water partition coefficient (Wildman–Crippen LogP) is 3.75. The third kappa shape index (κ3) is 5.71. The van der Waals surface area contributed by atoms with E-state index in [0.29, 0.717) is 34.3 Å². The highest BCUT2D eigenvalue weighted by molar-refractivity contribution is 7.91. The Morgan fingerprint density at radius 3 is 2.13 bits per heavy atom. The summed E-state index contributed by atoms with van der Waals surface area (Å²) in [5.41, 5.74) is 1.98. The van der Waals surface area contributed by atoms with Crippen LogP contribution in [0.3, 0.4) is 0 Å². The summed E-state index contributed by atoms with van der Waals surface area (Å²) in [4.78, 5) is 8.57. The van der Waals surface area contributed by atoms with Crippen molar-refractivity contribution >= 4 is 9.84 Å². The van der Waals surface area contributed by atoms with E-state index in [0.717, 1.165) is 5.56 Å². The minimum atomic E-state index is -3.87. The summed E-state index contributed by atoms with van der Waals surface area (Å²) in [5, 5.41) is 7.72. The number of aryl methyl sites for hydroxylation is 1. The van der Waals surface area contributed by atoms with Crippen LogP contribution in [-0.4, -0.2) is 66.8 Å². The maximum atomic E-state index is 13.8. The monoisotopic (exact) mass is 553 g/mol. The molecule has 12 heteroatoms. The number of methoxy groups -OCH3 is 4. The lowest BCUT2D eigenvalue weighted by Gasteiger charge is -2.22. The Morgan fingerprint density at radius 1 is 0.897 bits per heavy atom. The number of ether oxygens (including phenoxy) is 4. The van der Waals surface area contributed by atoms with Crippen LogP contribution in [0.15, 0.2) is 54.9 Å². The third-order valence-electron chi connectivity index (χ3n) is 6.32. The summed E-state index contributed by atoms with van der Waals surface area (Å²) < 4.78 is 51.4. The van der Waals surface area contributed by atoms with Gasteiger partial charge in [0, 0.05) is 25.1 Å². The molecule has 0 bridgehead atoms. The first-order valence-electron chi connectivity index (χ1n) is 12.1. The van der Waals surface area contributed by atoms with E-state index >= 15 is 0 Å². The standard InChI is InChI=1S/C27H31N5O6S/c1-17-14-28-26(29-15-17)25(38-6)18(2)39(33,34)16-23-30-31-27(19-9-7-10-20(13-19)35-3)32(23)24-21(36-4)11-8-12-22(24)37-5/h7-15,18,25H,16H2,1-6H3/t18-,25-/m0/s1. The molecule has 206 valence electrons. The van der Waals surface area contributed by atoms with Crippen LogP contribution in [0.4, 0.5) is 0 Å². The SMILES string of the molecule is COc1cccc(-c2nnc(CS(=O)(=O)[C@@H](C)[C@H](OC)c3ncc(C)cn3)n2-c2c(OC)cccc2OC)c1. The zero-order valence-corrected chi connectivity index (χ0v) is 23.5. The van der Waals surface area contributed by atoms with E-state index in [4.69, 9.17) is 18.9 Å². The van der Waals surface area contributed by atoms with Gasteiger partial charge in [-0.2, -0.15) is 0 Å². The molecule has 0 saturated carbocycles. The largest absolute Gasteiger partial charge is 0.497 e. The second-order valence-electron chi connectivity index (χ2n) is 8.81. The molecule has 0 N–H and O–H groups in total. The van der Waals surface area contributed by atoms with Gasteiger partial charge in [-0.05, 0) is 43.7 Å². The summed E-state index contributed by atoms with van der Waals surface area (Å²) >= 11 is 0. The molecule has 0 amide bonds. The van der Waals surface area contributed by atoms with Crippen LogP contribution >= 0.6 is 0 Å². The molecular formula is C27H31N5O6S. The fourth-order valence-corrected chi connectivity index (χ4v) is 5.62. The number of hydrogen-bond acceptors (Lipinski definition) is 10. The summed E-state index contributed by atoms with van der Waals surface area (Å²) in [5.74, 6) is 1.90. The molecule has 0 fully saturated rings. The van der Waals surface area contributed by atoms with Gasteiger partial charge in [-0.1, -0.05) is 18.2 Å². The van der Waals surface area contributed by atoms with Crippen molar-refractivity contribution in [3.63, 3.8) is 0 Å². The average molecular weight is 554 g/mol. The smallest absolute Gasteiger partial charge is 0.168 e. The van der Waals surface area contributed by atoms with Crippen LogP contribution in [0.25, 0.3) is 17.1 Å². The fraction of sp³-hybridized carbons (Fsp3) is 0.333. The van der Waals surface area contributed by atoms with E-state index in [2.05, 4.69) is 20.2 Å². The van der Waals surface area contributed by atoms with Crippen molar-refractivity contribution in [2.45, 2.75) is 31.0 Å². The van der Waals surface area contributed by atoms with Crippen LogP contribution in [0.1, 0.15) is 30.2 Å². The Labute approximate surface area is 227 Å². The normalized spacial score (nSPS) is 13.1. The van der Waals surface area contributed by atoms with E-state index in [1.165, 1.54) is 21.3 Å². The van der Waals surface area contributed by atoms with Crippen molar-refractivity contribution in [2.24, 2.45) is 0 Å². The lowest BCUT2D eigenvalue weighted by atomic mass is 10.2. The van der Waals surface area contributed by atoms with E-state index in [1.54, 1.807) is 61.3 Å². The summed E-state index contributed by atoms with van der Waals surface area (Å²) in [7, 11) is 2.18. The molecule has 0 spiro atoms. The first-order chi connectivity index (χ1) is 18.7. The first-order valence-corrected chi connectivity index (χ1v) is 13.8. The van der Waals surface area contributed by atoms with Crippen LogP contribution in [0, 0.1) is 6.92 Å². The number of benzene rings is 2. The number of rotatable bonds is 11. The van der Waals surface area contributed by atoms with Gasteiger partial charge in [0.1, 0.15) is 34.8 Å². The zero-order chi connectivity index (χ0) is 28.2. The summed E-state index contributed by atoms with van der Waals surface area (Å²) in [6.45, 7) is 3.42. The summed E-state index contributed by atoms with van der Waals surface area (Å²) in [6, 6.07) is 12.5. The molecule has 4 rings (SSSR count). The van der Waals surface area contributed by atoms with Gasteiger partial charge in [-0.3, -0.25) is 4.57 Å². The van der Waals surface area contributed by atoms with Gasteiger partial charge in [0.2, 0.25) is 0 Å². The number of sulfone groups is 1. The number of hydrogen-bond donors (Lipinski definition) is 0. The molecule has 2 heterocycles. The number of nitrogens with zero attached hydrogens (tertiary/aromatic N) is 5. The first kappa shape index (κ1) is 28.0. The van der Waals surface area contributed by atoms with Gasteiger partial charge < -0.3 is 18.9 Å². The minimum absolute atomic E-state index is 0.169. The molecule has 2 atom stereocenters. The predicted molar refractivity (Wildman–Crippen MR) is 145 cm³/mol. The van der Waals surface area contributed by atoms with Crippen LogP contribution in [0.5, 0.6) is 17.2 Å². The van der Waals surface area contributed by atoms with Gasteiger partial charge in [0.25, 0.3) is 0 Å². The Kier molecular flexibility index (Phi) is 8.46. The molecule has 0 radical (unpaired) electrons. The highest BCUT2D eigenvalue weighted by atomic mass is 32.2. The zero-order valence-electron chi connectivity index (χ0n) is 22.7. The van der Waals surface area contributed by atoms with E-state index in [9.17, 15) is 8.42 Å². The molecule has 2 aromatic carbocycles. The van der Waals surface area contributed by atoms with Gasteiger partial charge in [-0.15, -0.1) is 10.2 Å². The highest BCUT2D eigenvalue weighted by Gasteiger charge is 2.35. The lowest BCUT2D eigenvalue weighted by Crippen LogP contribution is -2.30. The maximum absolute atomic E-state index is 13.8. The molecule has 0 aliphatic heterocycles. The van der Waals surface area contributed by atoms with Gasteiger partial charge in [-0.25, -0.2) is 18.4 Å². The molecule has 2 aromatic heterocycles. The molecule has 0 aliphatic rings. The molecule has 39 heavy (non-hydrogen) atoms. The van der Waals surface area contributed by atoms with Gasteiger partial charge in [0.15, 0.2) is 27.3 Å². The summed E-state index contributed by atoms with van der Waals surface area (Å²) in [6.07, 6.45) is 2.36. The average Bonchev–Trinajstić information content (AvgIpc) is 3.35. The van der Waals surface area contributed by atoms with Crippen molar-refractivity contribution in [3.8, 4) is 34.3 Å². The second kappa shape index (κ2) is 11.8. The van der Waals surface area contributed by atoms with E-state index in [-0.39, 0.29) is 11.6 Å². The lowest BCUT2D eigenvalue weighted by molar-refractivity contribution is 0.0947. The van der Waals surface area contributed by atoms with Crippen LogP contribution < -0.4 is 14.2 Å². The topological polar surface area (TPSA) is 128 Å². The van der Waals surface area contributed by atoms with Gasteiger partial charge in [0.05, 0.1) is 26.6 Å². The van der Waals surface area contributed by atoms with Crippen LogP contribution in [-0.2, 0) is 20.3 Å². The van der Waals surface area contributed by atoms with Crippen molar-refractivity contribution in [3.05, 3.63) is 72.1 Å². The Morgan fingerprint density at radius 2 is 1.54 bits per heavy atom. The Hall–Kier alpha value is -4.03. The quantitative estimate of drug-likeness (QED) is 0.271. The molecule has 0 aliphatic carbocycles. The minimum Gasteiger partial charge on any atom is -0.497 e.